The number of alkyl halides is 3. The molecule has 0 aliphatic carbocycles. The minimum absolute atomic E-state index is 0.101. The van der Waals surface area contributed by atoms with Crippen LogP contribution >= 0.6 is 11.3 Å². The van der Waals surface area contributed by atoms with Gasteiger partial charge in [0.2, 0.25) is 11.0 Å². The number of halogens is 3. The Bertz CT molecular complexity index is 1490. The zero-order chi connectivity index (χ0) is 30.3. The van der Waals surface area contributed by atoms with Gasteiger partial charge in [0.25, 0.3) is 5.91 Å². The number of hydrogen-bond donors (Lipinski definition) is 4. The van der Waals surface area contributed by atoms with E-state index in [1.165, 1.54) is 23.2 Å². The van der Waals surface area contributed by atoms with Gasteiger partial charge in [0.15, 0.2) is 12.1 Å². The topological polar surface area (TPSA) is 190 Å². The van der Waals surface area contributed by atoms with Crippen LogP contribution in [0.25, 0.3) is 0 Å². The lowest BCUT2D eigenvalue weighted by Crippen LogP contribution is -2.40. The number of aromatic nitrogens is 1. The van der Waals surface area contributed by atoms with Crippen molar-refractivity contribution in [1.29, 1.82) is 0 Å². The Morgan fingerprint density at radius 1 is 1.12 bits per heavy atom. The van der Waals surface area contributed by atoms with Crippen LogP contribution in [0.5, 0.6) is 0 Å². The Morgan fingerprint density at radius 3 is 2.34 bits per heavy atom. The van der Waals surface area contributed by atoms with Crippen LogP contribution < -0.4 is 21.7 Å². The largest absolute Gasteiger partial charge is 0.490 e. The van der Waals surface area contributed by atoms with Crippen LogP contribution in [0.3, 0.4) is 0 Å². The third kappa shape index (κ3) is 8.01. The van der Waals surface area contributed by atoms with Crippen molar-refractivity contribution in [3.05, 3.63) is 76.3 Å². The predicted molar refractivity (Wildman–Crippen MR) is 141 cm³/mol. The number of benzene rings is 2. The van der Waals surface area contributed by atoms with Gasteiger partial charge in [0.1, 0.15) is 6.54 Å². The molecule has 1 atom stereocenters. The first-order chi connectivity index (χ1) is 19.3. The molecule has 1 aromatic heterocycles. The highest BCUT2D eigenvalue weighted by molar-refractivity contribution is 7.13. The Hall–Kier alpha value is -4.99. The molecule has 12 nitrogen and oxygen atoms in total. The van der Waals surface area contributed by atoms with E-state index < -0.39 is 24.2 Å². The second-order valence-corrected chi connectivity index (χ2v) is 9.10. The van der Waals surface area contributed by atoms with E-state index in [1.54, 1.807) is 53.9 Å². The number of carbonyl (C=O) groups is 4. The maximum absolute atomic E-state index is 13.5. The summed E-state index contributed by atoms with van der Waals surface area (Å²) in [6, 6.07) is 14.0. The van der Waals surface area contributed by atoms with Crippen molar-refractivity contribution in [3.63, 3.8) is 0 Å². The van der Waals surface area contributed by atoms with Gasteiger partial charge >= 0.3 is 18.1 Å². The first-order valence-corrected chi connectivity index (χ1v) is 12.4. The van der Waals surface area contributed by atoms with Crippen LogP contribution in [0.4, 0.5) is 24.0 Å². The molecule has 1 aliphatic rings. The average Bonchev–Trinajstić information content (AvgIpc) is 3.32. The van der Waals surface area contributed by atoms with Crippen LogP contribution in [-0.2, 0) is 25.7 Å². The Morgan fingerprint density at radius 2 is 1.73 bits per heavy atom. The Balaban J connectivity index is 0.000000587. The summed E-state index contributed by atoms with van der Waals surface area (Å²) in [7, 11) is 0. The highest BCUT2D eigenvalue weighted by atomic mass is 32.1. The number of nitrogens with zero attached hydrogens (tertiary/aromatic N) is 3. The number of ether oxygens (including phenoxy) is 1. The molecule has 41 heavy (non-hydrogen) atoms. The number of carbonyl (C=O) groups excluding carboxylic acids is 3. The van der Waals surface area contributed by atoms with Gasteiger partial charge in [-0.2, -0.15) is 18.2 Å². The molecule has 4 rings (SSSR count). The second kappa shape index (κ2) is 12.9. The van der Waals surface area contributed by atoms with E-state index in [4.69, 9.17) is 26.1 Å². The van der Waals surface area contributed by atoms with Gasteiger partial charge in [-0.25, -0.2) is 9.78 Å². The number of para-hydroxylation sites is 1. The monoisotopic (exact) mass is 592 g/mol. The highest BCUT2D eigenvalue weighted by Crippen LogP contribution is 2.39. The number of fused-ring (bicyclic) bond motifs is 2. The molecule has 2 amide bonds. The molecule has 2 aromatic carbocycles. The first-order valence-electron chi connectivity index (χ1n) is 11.6. The normalized spacial score (nSPS) is 13.9. The van der Waals surface area contributed by atoms with Crippen LogP contribution in [0, 0.1) is 0 Å². The number of amides is 2. The molecule has 16 heteroatoms. The van der Waals surface area contributed by atoms with Crippen molar-refractivity contribution >= 4 is 51.9 Å². The molecule has 6 N–H and O–H groups in total. The summed E-state index contributed by atoms with van der Waals surface area (Å²) in [5.41, 5.74) is 13.3. The molecule has 216 valence electrons. The summed E-state index contributed by atoms with van der Waals surface area (Å²) in [4.78, 5) is 56.6. The molecular weight excluding hydrogens is 569 g/mol. The molecule has 0 fully saturated rings. The number of carboxylic acids is 1. The molecule has 0 saturated heterocycles. The summed E-state index contributed by atoms with van der Waals surface area (Å²) in [6.07, 6.45) is -5.86. The lowest BCUT2D eigenvalue weighted by Gasteiger charge is -2.23. The van der Waals surface area contributed by atoms with E-state index in [1.807, 2.05) is 0 Å². The Labute approximate surface area is 234 Å². The number of guanidine groups is 1. The SMILES string of the molecule is CC(=O)OC1c2ccccc2C(=O)N(CC(=O)NCc2csc(N=C(N)N)n2)c2ccccc21.O=C(O)C(F)(F)F. The number of aliphatic imine (C=N–C) groups is 1. The second-order valence-electron chi connectivity index (χ2n) is 8.26. The molecule has 1 unspecified atom stereocenters. The minimum Gasteiger partial charge on any atom is -0.475 e. The number of carboxylic acid groups (broad SMARTS) is 1. The van der Waals surface area contributed by atoms with Crippen LogP contribution in [0.1, 0.15) is 40.2 Å². The van der Waals surface area contributed by atoms with Gasteiger partial charge in [-0.05, 0) is 12.1 Å². The van der Waals surface area contributed by atoms with Gasteiger partial charge in [0, 0.05) is 29.0 Å². The van der Waals surface area contributed by atoms with Gasteiger partial charge in [0.05, 0.1) is 17.9 Å². The maximum atomic E-state index is 13.5. The van der Waals surface area contributed by atoms with E-state index in [0.717, 1.165) is 0 Å². The summed E-state index contributed by atoms with van der Waals surface area (Å²) in [5.74, 6) is -4.08. The van der Waals surface area contributed by atoms with Crippen LogP contribution in [-0.4, -0.2) is 52.5 Å². The van der Waals surface area contributed by atoms with E-state index in [-0.39, 0.29) is 30.9 Å². The van der Waals surface area contributed by atoms with Crippen molar-refractivity contribution in [3.8, 4) is 0 Å². The highest BCUT2D eigenvalue weighted by Gasteiger charge is 2.38. The van der Waals surface area contributed by atoms with Crippen LogP contribution in [0.2, 0.25) is 0 Å². The zero-order valence-electron chi connectivity index (χ0n) is 21.2. The maximum Gasteiger partial charge on any atom is 0.490 e. The van der Waals surface area contributed by atoms with Gasteiger partial charge < -0.3 is 26.6 Å². The number of thiazole rings is 1. The molecule has 2 heterocycles. The lowest BCUT2D eigenvalue weighted by atomic mass is 9.97. The fraction of sp³-hybridized carbons (Fsp3) is 0.200. The molecule has 3 aromatic rings. The fourth-order valence-electron chi connectivity index (χ4n) is 3.68. The van der Waals surface area contributed by atoms with Crippen molar-refractivity contribution in [1.82, 2.24) is 10.3 Å². The number of nitrogens with two attached hydrogens (primary N) is 2. The van der Waals surface area contributed by atoms with Crippen molar-refractivity contribution in [2.75, 3.05) is 11.4 Å². The average molecular weight is 593 g/mol. The molecule has 0 spiro atoms. The minimum atomic E-state index is -5.08. The third-order valence-corrected chi connectivity index (χ3v) is 6.07. The number of esters is 1. The quantitative estimate of drug-likeness (QED) is 0.189. The molecule has 0 saturated carbocycles. The number of hydrogen-bond acceptors (Lipinski definition) is 8. The molecule has 0 bridgehead atoms. The fourth-order valence-corrected chi connectivity index (χ4v) is 4.38. The number of rotatable bonds is 6. The molecule has 0 radical (unpaired) electrons. The smallest absolute Gasteiger partial charge is 0.475 e. The first kappa shape index (κ1) is 30.6. The predicted octanol–water partition coefficient (Wildman–Crippen LogP) is 2.61. The number of anilines is 1. The lowest BCUT2D eigenvalue weighted by molar-refractivity contribution is -0.192. The van der Waals surface area contributed by atoms with Gasteiger partial charge in [-0.3, -0.25) is 19.3 Å². The standard InChI is InChI=1S/C23H22N6O4S.C2HF3O2/c1-13(30)33-20-15-6-2-3-7-16(15)21(32)29(18-9-5-4-8-17(18)20)11-19(31)26-10-14-12-34-23(27-14)28-22(24)25;3-2(4,5)1(6)7/h2-9,12,20H,10-11H2,1H3,(H,26,31)(H4,24,25,27,28);(H,6,7). The molecular formula is C25H23F3N6O6S. The summed E-state index contributed by atoms with van der Waals surface area (Å²) in [5, 5.41) is 12.0. The number of nitrogens with one attached hydrogen (secondary N) is 1. The van der Waals surface area contributed by atoms with E-state index in [0.29, 0.717) is 33.2 Å². The van der Waals surface area contributed by atoms with Crippen molar-refractivity contribution in [2.24, 2.45) is 16.5 Å². The van der Waals surface area contributed by atoms with E-state index >= 15 is 0 Å². The van der Waals surface area contributed by atoms with Crippen molar-refractivity contribution in [2.45, 2.75) is 25.7 Å². The summed E-state index contributed by atoms with van der Waals surface area (Å²) < 4.78 is 37.3. The summed E-state index contributed by atoms with van der Waals surface area (Å²) in [6.45, 7) is 1.23. The van der Waals surface area contributed by atoms with Gasteiger partial charge in [-0.15, -0.1) is 11.3 Å². The van der Waals surface area contributed by atoms with Gasteiger partial charge in [-0.1, -0.05) is 36.4 Å². The third-order valence-electron chi connectivity index (χ3n) is 5.29. The zero-order valence-corrected chi connectivity index (χ0v) is 22.0. The summed E-state index contributed by atoms with van der Waals surface area (Å²) >= 11 is 1.24. The van der Waals surface area contributed by atoms with Crippen LogP contribution in [0.15, 0.2) is 58.9 Å². The van der Waals surface area contributed by atoms with E-state index in [2.05, 4.69) is 15.3 Å². The Kier molecular flexibility index (Phi) is 9.62. The van der Waals surface area contributed by atoms with E-state index in [9.17, 15) is 27.6 Å². The van der Waals surface area contributed by atoms with Crippen molar-refractivity contribution < 1.29 is 42.2 Å². The number of aliphatic carboxylic acids is 1. The molecule has 1 aliphatic heterocycles.